The van der Waals surface area contributed by atoms with E-state index >= 15 is 0 Å². The van der Waals surface area contributed by atoms with Crippen molar-refractivity contribution in [3.63, 3.8) is 0 Å². The first-order chi connectivity index (χ1) is 15.7. The van der Waals surface area contributed by atoms with Crippen molar-refractivity contribution in [3.8, 4) is 5.75 Å². The molecule has 0 spiro atoms. The molecule has 0 aromatic heterocycles. The van der Waals surface area contributed by atoms with Gasteiger partial charge in [-0.15, -0.1) is 0 Å². The molecule has 0 aliphatic heterocycles. The number of carboxylic acids is 1. The molecule has 0 bridgehead atoms. The van der Waals surface area contributed by atoms with Gasteiger partial charge in [-0.2, -0.15) is 0 Å². The zero-order valence-electron chi connectivity index (χ0n) is 20.4. The van der Waals surface area contributed by atoms with Crippen molar-refractivity contribution in [2.75, 3.05) is 13.2 Å². The molecule has 0 amide bonds. The molecule has 0 heterocycles. The molecule has 0 unspecified atom stereocenters. The van der Waals surface area contributed by atoms with E-state index in [1.165, 1.54) is 70.6 Å². The van der Waals surface area contributed by atoms with Gasteiger partial charge in [0.2, 0.25) is 0 Å². The monoisotopic (exact) mass is 446 g/mol. The van der Waals surface area contributed by atoms with Gasteiger partial charge in [-0.3, -0.25) is 0 Å². The molecule has 1 aromatic rings. The van der Waals surface area contributed by atoms with E-state index in [0.717, 1.165) is 44.5 Å². The number of para-hydroxylation sites is 1. The van der Waals surface area contributed by atoms with Crippen molar-refractivity contribution in [1.29, 1.82) is 0 Å². The predicted molar refractivity (Wildman–Crippen MR) is 133 cm³/mol. The Balaban J connectivity index is 1.91. The Morgan fingerprint density at radius 1 is 0.750 bits per heavy atom. The van der Waals surface area contributed by atoms with Crippen molar-refractivity contribution in [1.82, 2.24) is 0 Å². The van der Waals surface area contributed by atoms with Gasteiger partial charge in [-0.25, -0.2) is 4.79 Å². The van der Waals surface area contributed by atoms with Crippen LogP contribution in [0.5, 0.6) is 5.75 Å². The third kappa shape index (κ3) is 16.7. The first-order valence-electron chi connectivity index (χ1n) is 13.0. The number of rotatable bonds is 22. The number of carboxylic acid groups (broad SMARTS) is 1. The van der Waals surface area contributed by atoms with Gasteiger partial charge in [0.25, 0.3) is 0 Å². The number of carbonyl (C=O) groups is 1. The summed E-state index contributed by atoms with van der Waals surface area (Å²) in [6, 6.07) is 9.98. The molecular formula is C28H46O4. The molecule has 0 atom stereocenters. The van der Waals surface area contributed by atoms with Gasteiger partial charge in [-0.1, -0.05) is 102 Å². The van der Waals surface area contributed by atoms with Crippen LogP contribution in [-0.4, -0.2) is 24.3 Å². The van der Waals surface area contributed by atoms with Crippen LogP contribution in [0.4, 0.5) is 0 Å². The summed E-state index contributed by atoms with van der Waals surface area (Å²) in [5.74, 6) is 0.145. The van der Waals surface area contributed by atoms with Crippen LogP contribution >= 0.6 is 0 Å². The van der Waals surface area contributed by atoms with Crippen molar-refractivity contribution in [3.05, 3.63) is 42.2 Å². The molecule has 0 fully saturated rings. The molecule has 1 rings (SSSR count). The summed E-state index contributed by atoms with van der Waals surface area (Å²) in [4.78, 5) is 11.3. The van der Waals surface area contributed by atoms with Gasteiger partial charge >= 0.3 is 5.97 Å². The molecule has 4 heteroatoms. The normalized spacial score (nSPS) is 11.5. The Hall–Kier alpha value is -1.97. The van der Waals surface area contributed by atoms with Crippen LogP contribution < -0.4 is 4.74 Å². The first-order valence-corrected chi connectivity index (χ1v) is 13.0. The van der Waals surface area contributed by atoms with Crippen LogP contribution in [0.1, 0.15) is 110 Å². The fourth-order valence-electron chi connectivity index (χ4n) is 3.70. The quantitative estimate of drug-likeness (QED) is 0.110. The molecule has 0 saturated heterocycles. The van der Waals surface area contributed by atoms with Crippen molar-refractivity contribution in [2.24, 2.45) is 0 Å². The summed E-state index contributed by atoms with van der Waals surface area (Å²) in [7, 11) is 0. The average molecular weight is 447 g/mol. The van der Waals surface area contributed by atoms with Crippen LogP contribution in [0.2, 0.25) is 0 Å². The predicted octanol–water partition coefficient (Wildman–Crippen LogP) is 8.31. The maximum absolute atomic E-state index is 11.3. The third-order valence-electron chi connectivity index (χ3n) is 5.66. The van der Waals surface area contributed by atoms with Gasteiger partial charge in [0, 0.05) is 0 Å². The zero-order chi connectivity index (χ0) is 23.1. The number of benzene rings is 1. The van der Waals surface area contributed by atoms with E-state index in [-0.39, 0.29) is 5.76 Å². The summed E-state index contributed by atoms with van der Waals surface area (Å²) >= 11 is 0. The molecule has 0 aliphatic carbocycles. The van der Waals surface area contributed by atoms with E-state index in [0.29, 0.717) is 6.61 Å². The molecular weight excluding hydrogens is 400 g/mol. The van der Waals surface area contributed by atoms with Gasteiger partial charge < -0.3 is 14.6 Å². The lowest BCUT2D eigenvalue weighted by molar-refractivity contribution is -0.136. The first kappa shape index (κ1) is 28.1. The summed E-state index contributed by atoms with van der Waals surface area (Å²) in [6.45, 7) is 3.52. The Bertz CT molecular complexity index is 582. The van der Waals surface area contributed by atoms with E-state index in [1.807, 2.05) is 30.3 Å². The Kier molecular flexibility index (Phi) is 18.3. The maximum Gasteiger partial charge on any atom is 0.370 e. The summed E-state index contributed by atoms with van der Waals surface area (Å²) in [5.41, 5.74) is 0. The van der Waals surface area contributed by atoms with E-state index < -0.39 is 5.97 Å². The lowest BCUT2D eigenvalue weighted by Gasteiger charge is -2.07. The van der Waals surface area contributed by atoms with Crippen LogP contribution in [0, 0.1) is 0 Å². The lowest BCUT2D eigenvalue weighted by Crippen LogP contribution is -2.06. The molecule has 0 radical (unpaired) electrons. The average Bonchev–Trinajstić information content (AvgIpc) is 2.80. The van der Waals surface area contributed by atoms with Crippen LogP contribution in [0.25, 0.3) is 0 Å². The summed E-state index contributed by atoms with van der Waals surface area (Å²) in [5, 5.41) is 9.30. The number of allylic oxidation sites excluding steroid dienone is 1. The highest BCUT2D eigenvalue weighted by Gasteiger charge is 2.07. The summed E-state index contributed by atoms with van der Waals surface area (Å²) in [6.07, 6.45) is 20.5. The molecule has 182 valence electrons. The van der Waals surface area contributed by atoms with Gasteiger partial charge in [0.15, 0.2) is 5.76 Å². The maximum atomic E-state index is 11.3. The third-order valence-corrected chi connectivity index (χ3v) is 5.66. The minimum absolute atomic E-state index is 0.133. The second-order valence-corrected chi connectivity index (χ2v) is 8.62. The number of hydrogen-bond donors (Lipinski definition) is 1. The van der Waals surface area contributed by atoms with Crippen LogP contribution in [0.3, 0.4) is 0 Å². The van der Waals surface area contributed by atoms with Crippen molar-refractivity contribution >= 4 is 5.97 Å². The standard InChI is InChI=1S/C28H46O4/c1-2-3-4-5-6-9-12-18-23-27(28(29)30)32-25-20-14-11-8-7-10-13-19-24-31-26-21-16-15-17-22-26/h15-17,21-23H,2-14,18-20,24-25H2,1H3,(H,29,30). The minimum Gasteiger partial charge on any atom is -0.494 e. The second-order valence-electron chi connectivity index (χ2n) is 8.62. The van der Waals surface area contributed by atoms with E-state index in [4.69, 9.17) is 9.47 Å². The Morgan fingerprint density at radius 3 is 1.88 bits per heavy atom. The Morgan fingerprint density at radius 2 is 1.28 bits per heavy atom. The fraction of sp³-hybridized carbons (Fsp3) is 0.679. The lowest BCUT2D eigenvalue weighted by atomic mass is 10.1. The largest absolute Gasteiger partial charge is 0.494 e. The van der Waals surface area contributed by atoms with Gasteiger partial charge in [0.1, 0.15) is 5.75 Å². The van der Waals surface area contributed by atoms with Crippen LogP contribution in [0.15, 0.2) is 42.2 Å². The fourth-order valence-corrected chi connectivity index (χ4v) is 3.70. The van der Waals surface area contributed by atoms with Gasteiger partial charge in [-0.05, 0) is 43.9 Å². The van der Waals surface area contributed by atoms with E-state index in [2.05, 4.69) is 6.92 Å². The smallest absolute Gasteiger partial charge is 0.370 e. The molecule has 1 aromatic carbocycles. The van der Waals surface area contributed by atoms with Crippen LogP contribution in [-0.2, 0) is 9.53 Å². The van der Waals surface area contributed by atoms with E-state index in [1.54, 1.807) is 6.08 Å². The number of hydrogen-bond acceptors (Lipinski definition) is 3. The molecule has 1 N–H and O–H groups in total. The highest BCUT2D eigenvalue weighted by Crippen LogP contribution is 2.13. The number of ether oxygens (including phenoxy) is 2. The zero-order valence-corrected chi connectivity index (χ0v) is 20.4. The minimum atomic E-state index is -0.941. The Labute approximate surface area is 196 Å². The molecule has 32 heavy (non-hydrogen) atoms. The second kappa shape index (κ2) is 20.9. The molecule has 4 nitrogen and oxygen atoms in total. The molecule has 0 saturated carbocycles. The number of unbranched alkanes of at least 4 members (excludes halogenated alkanes) is 14. The topological polar surface area (TPSA) is 55.8 Å². The summed E-state index contributed by atoms with van der Waals surface area (Å²) < 4.78 is 11.2. The van der Waals surface area contributed by atoms with Crippen molar-refractivity contribution < 1.29 is 19.4 Å². The number of aliphatic carboxylic acids is 1. The highest BCUT2D eigenvalue weighted by molar-refractivity contribution is 5.84. The highest BCUT2D eigenvalue weighted by atomic mass is 16.5. The SMILES string of the molecule is CCCCCCCCCC=C(OCCCCCCCCCCOc1ccccc1)C(=O)O. The van der Waals surface area contributed by atoms with Crippen molar-refractivity contribution in [2.45, 2.75) is 110 Å². The van der Waals surface area contributed by atoms with E-state index in [9.17, 15) is 9.90 Å². The molecule has 0 aliphatic rings. The van der Waals surface area contributed by atoms with Gasteiger partial charge in [0.05, 0.1) is 13.2 Å².